The number of aromatic carboxylic acids is 1. The Morgan fingerprint density at radius 3 is 2.54 bits per heavy atom. The van der Waals surface area contributed by atoms with Crippen molar-refractivity contribution in [3.05, 3.63) is 57.7 Å². The highest BCUT2D eigenvalue weighted by Crippen LogP contribution is 2.29. The van der Waals surface area contributed by atoms with Crippen LogP contribution in [0.25, 0.3) is 10.9 Å². The number of ether oxygens (including phenoxy) is 1. The summed E-state index contributed by atoms with van der Waals surface area (Å²) < 4.78 is 42.5. The Bertz CT molecular complexity index is 1000. The predicted molar refractivity (Wildman–Crippen MR) is 88.9 cm³/mol. The summed E-state index contributed by atoms with van der Waals surface area (Å²) >= 11 is 11.9. The van der Waals surface area contributed by atoms with Gasteiger partial charge in [-0.2, -0.15) is 5.10 Å². The molecule has 0 aliphatic heterocycles. The first kappa shape index (κ1) is 18.3. The summed E-state index contributed by atoms with van der Waals surface area (Å²) in [5.41, 5.74) is 0.443. The Morgan fingerprint density at radius 1 is 1.19 bits per heavy atom. The van der Waals surface area contributed by atoms with E-state index in [1.807, 2.05) is 0 Å². The maximum absolute atomic E-state index is 12.4. The molecule has 0 amide bonds. The quantitative estimate of drug-likeness (QED) is 0.665. The summed E-state index contributed by atoms with van der Waals surface area (Å²) in [5.74, 6) is -1.79. The number of benzene rings is 2. The molecule has 0 saturated carbocycles. The number of carboxylic acids is 1. The molecule has 3 aromatic rings. The summed E-state index contributed by atoms with van der Waals surface area (Å²) in [5, 5.41) is 14.2. The van der Waals surface area contributed by atoms with E-state index < -0.39 is 18.1 Å². The van der Waals surface area contributed by atoms with Crippen molar-refractivity contribution >= 4 is 40.1 Å². The van der Waals surface area contributed by atoms with Crippen molar-refractivity contribution in [2.45, 2.75) is 12.9 Å². The lowest BCUT2D eigenvalue weighted by atomic mass is 10.2. The van der Waals surface area contributed by atoms with Crippen LogP contribution in [0.3, 0.4) is 0 Å². The highest BCUT2D eigenvalue weighted by atomic mass is 35.5. The van der Waals surface area contributed by atoms with Gasteiger partial charge in [-0.3, -0.25) is 4.68 Å². The third-order valence-corrected chi connectivity index (χ3v) is 4.08. The molecule has 2 aromatic carbocycles. The number of carboxylic acid groups (broad SMARTS) is 1. The van der Waals surface area contributed by atoms with E-state index in [9.17, 15) is 23.1 Å². The van der Waals surface area contributed by atoms with Crippen LogP contribution < -0.4 is 4.74 Å². The van der Waals surface area contributed by atoms with Gasteiger partial charge in [-0.15, -0.1) is 13.2 Å². The molecule has 1 aromatic heterocycles. The average molecular weight is 405 g/mol. The van der Waals surface area contributed by atoms with Crippen LogP contribution in [0.1, 0.15) is 16.1 Å². The lowest BCUT2D eigenvalue weighted by molar-refractivity contribution is -0.274. The second-order valence-corrected chi connectivity index (χ2v) is 6.12. The number of aromatic nitrogens is 2. The highest BCUT2D eigenvalue weighted by molar-refractivity contribution is 6.35. The summed E-state index contributed by atoms with van der Waals surface area (Å²) in [4.78, 5) is 11.4. The second-order valence-electron chi connectivity index (χ2n) is 5.27. The van der Waals surface area contributed by atoms with Crippen molar-refractivity contribution in [2.75, 3.05) is 0 Å². The van der Waals surface area contributed by atoms with Gasteiger partial charge in [-0.05, 0) is 29.8 Å². The van der Waals surface area contributed by atoms with Crippen molar-refractivity contribution in [3.8, 4) is 5.75 Å². The van der Waals surface area contributed by atoms with Gasteiger partial charge in [0.15, 0.2) is 5.69 Å². The number of rotatable bonds is 4. The minimum absolute atomic E-state index is 0.0370. The van der Waals surface area contributed by atoms with Crippen LogP contribution >= 0.6 is 23.2 Å². The Morgan fingerprint density at radius 2 is 1.92 bits per heavy atom. The molecule has 0 saturated heterocycles. The number of fused-ring (bicyclic) bond motifs is 1. The molecule has 0 atom stereocenters. The van der Waals surface area contributed by atoms with Crippen LogP contribution in [-0.2, 0) is 6.54 Å². The normalized spacial score (nSPS) is 11.7. The number of nitrogens with zero attached hydrogens (tertiary/aromatic N) is 2. The molecule has 1 N–H and O–H groups in total. The van der Waals surface area contributed by atoms with E-state index >= 15 is 0 Å². The van der Waals surface area contributed by atoms with Crippen molar-refractivity contribution in [1.82, 2.24) is 9.78 Å². The van der Waals surface area contributed by atoms with Gasteiger partial charge in [0.05, 0.1) is 12.1 Å². The molecule has 3 rings (SSSR count). The smallest absolute Gasteiger partial charge is 0.476 e. The summed E-state index contributed by atoms with van der Waals surface area (Å²) in [6.07, 6.45) is -4.87. The Balaban J connectivity index is 2.10. The number of carbonyl (C=O) groups is 1. The van der Waals surface area contributed by atoms with Crippen LogP contribution in [0.4, 0.5) is 13.2 Å². The van der Waals surface area contributed by atoms with Gasteiger partial charge in [-0.1, -0.05) is 29.3 Å². The lowest BCUT2D eigenvalue weighted by Crippen LogP contribution is -2.17. The fourth-order valence-corrected chi connectivity index (χ4v) is 2.91. The minimum atomic E-state index is -4.87. The van der Waals surface area contributed by atoms with Crippen LogP contribution in [0.15, 0.2) is 36.4 Å². The molecule has 136 valence electrons. The zero-order valence-corrected chi connectivity index (χ0v) is 14.2. The summed E-state index contributed by atoms with van der Waals surface area (Å²) in [6.45, 7) is 0.0370. The molecule has 0 radical (unpaired) electrons. The molecule has 26 heavy (non-hydrogen) atoms. The van der Waals surface area contributed by atoms with E-state index in [1.165, 1.54) is 16.8 Å². The zero-order valence-electron chi connectivity index (χ0n) is 12.7. The van der Waals surface area contributed by atoms with E-state index in [0.29, 0.717) is 15.6 Å². The number of alkyl halides is 3. The maximum Gasteiger partial charge on any atom is 0.573 e. The number of hydrogen-bond donors (Lipinski definition) is 1. The van der Waals surface area contributed by atoms with Crippen LogP contribution in [0.5, 0.6) is 5.75 Å². The third-order valence-electron chi connectivity index (χ3n) is 3.49. The SMILES string of the molecule is O=C(O)c1nn(Cc2ccc(Cl)cc2Cl)c2cc(OC(F)(F)F)ccc12. The molecule has 1 heterocycles. The molecule has 0 aliphatic carbocycles. The van der Waals surface area contributed by atoms with Crippen molar-refractivity contribution in [2.24, 2.45) is 0 Å². The van der Waals surface area contributed by atoms with Gasteiger partial charge in [-0.25, -0.2) is 4.79 Å². The first-order valence-electron chi connectivity index (χ1n) is 7.07. The monoisotopic (exact) mass is 404 g/mol. The molecular weight excluding hydrogens is 396 g/mol. The van der Waals surface area contributed by atoms with Gasteiger partial charge < -0.3 is 9.84 Å². The third kappa shape index (κ3) is 3.86. The van der Waals surface area contributed by atoms with Crippen LogP contribution in [-0.4, -0.2) is 27.2 Å². The zero-order chi connectivity index (χ0) is 19.1. The Hall–Kier alpha value is -2.45. The Labute approximate surface area is 154 Å². The maximum atomic E-state index is 12.4. The first-order valence-corrected chi connectivity index (χ1v) is 7.83. The van der Waals surface area contributed by atoms with E-state index in [-0.39, 0.29) is 23.1 Å². The predicted octanol–water partition coefficient (Wildman–Crippen LogP) is 4.99. The van der Waals surface area contributed by atoms with E-state index in [4.69, 9.17) is 23.2 Å². The molecule has 0 spiro atoms. The van der Waals surface area contributed by atoms with E-state index in [2.05, 4.69) is 9.84 Å². The van der Waals surface area contributed by atoms with Gasteiger partial charge in [0.25, 0.3) is 0 Å². The van der Waals surface area contributed by atoms with Crippen LogP contribution in [0.2, 0.25) is 10.0 Å². The largest absolute Gasteiger partial charge is 0.573 e. The molecular formula is C16H9Cl2F3N2O3. The second kappa shape index (κ2) is 6.69. The van der Waals surface area contributed by atoms with E-state index in [1.54, 1.807) is 12.1 Å². The molecule has 0 unspecified atom stereocenters. The van der Waals surface area contributed by atoms with Crippen LogP contribution in [0, 0.1) is 0 Å². The number of hydrogen-bond acceptors (Lipinski definition) is 3. The highest BCUT2D eigenvalue weighted by Gasteiger charge is 2.31. The van der Waals surface area contributed by atoms with Gasteiger partial charge in [0.2, 0.25) is 0 Å². The topological polar surface area (TPSA) is 64.3 Å². The van der Waals surface area contributed by atoms with Gasteiger partial charge >= 0.3 is 12.3 Å². The van der Waals surface area contributed by atoms with Crippen molar-refractivity contribution < 1.29 is 27.8 Å². The number of halogens is 5. The van der Waals surface area contributed by atoms with Crippen molar-refractivity contribution in [1.29, 1.82) is 0 Å². The summed E-state index contributed by atoms with van der Waals surface area (Å²) in [6, 6.07) is 8.03. The molecule has 0 bridgehead atoms. The summed E-state index contributed by atoms with van der Waals surface area (Å²) in [7, 11) is 0. The minimum Gasteiger partial charge on any atom is -0.476 e. The standard InChI is InChI=1S/C16H9Cl2F3N2O3/c17-9-2-1-8(12(18)5-9)7-23-13-6-10(26-16(19,20)21)3-4-11(13)14(22-23)15(24)25/h1-6H,7H2,(H,24,25). The molecule has 0 fully saturated rings. The first-order chi connectivity index (χ1) is 12.1. The van der Waals surface area contributed by atoms with Gasteiger partial charge in [0, 0.05) is 21.5 Å². The molecule has 10 heteroatoms. The molecule has 5 nitrogen and oxygen atoms in total. The molecule has 0 aliphatic rings. The van der Waals surface area contributed by atoms with E-state index in [0.717, 1.165) is 12.1 Å². The van der Waals surface area contributed by atoms with Crippen molar-refractivity contribution in [3.63, 3.8) is 0 Å². The average Bonchev–Trinajstić information content (AvgIpc) is 2.87. The lowest BCUT2D eigenvalue weighted by Gasteiger charge is -2.10. The Kier molecular flexibility index (Phi) is 4.72. The van der Waals surface area contributed by atoms with Gasteiger partial charge in [0.1, 0.15) is 5.75 Å². The fraction of sp³-hybridized carbons (Fsp3) is 0.125. The fourth-order valence-electron chi connectivity index (χ4n) is 2.44.